The van der Waals surface area contributed by atoms with E-state index < -0.39 is 0 Å². The third-order valence-electron chi connectivity index (χ3n) is 2.68. The van der Waals surface area contributed by atoms with E-state index in [1.54, 1.807) is 0 Å². The van der Waals surface area contributed by atoms with Gasteiger partial charge in [-0.25, -0.2) is 0 Å². The molecule has 2 aromatic rings. The van der Waals surface area contributed by atoms with Gasteiger partial charge in [-0.2, -0.15) is 0 Å². The minimum atomic E-state index is 0.577. The second-order valence-corrected chi connectivity index (χ2v) is 5.69. The van der Waals surface area contributed by atoms with Gasteiger partial charge in [0.1, 0.15) is 0 Å². The van der Waals surface area contributed by atoms with Crippen LogP contribution in [0.25, 0.3) is 0 Å². The molecule has 0 aliphatic carbocycles. The fourth-order valence-corrected chi connectivity index (χ4v) is 2.46. The van der Waals surface area contributed by atoms with Gasteiger partial charge in [-0.15, -0.1) is 0 Å². The Morgan fingerprint density at radius 2 is 1.58 bits per heavy atom. The van der Waals surface area contributed by atoms with Crippen LogP contribution in [0.1, 0.15) is 11.1 Å². The monoisotopic (exact) mass is 334 g/mol. The molecule has 2 rings (SSSR count). The van der Waals surface area contributed by atoms with Gasteiger partial charge in [-0.3, -0.25) is 0 Å². The Kier molecular flexibility index (Phi) is 4.56. The van der Waals surface area contributed by atoms with E-state index in [1.807, 2.05) is 36.4 Å². The van der Waals surface area contributed by atoms with Crippen molar-refractivity contribution in [2.45, 2.75) is 13.8 Å². The normalized spacial score (nSPS) is 10.1. The van der Waals surface area contributed by atoms with Gasteiger partial charge < -0.3 is 10.6 Å². The van der Waals surface area contributed by atoms with E-state index in [9.17, 15) is 0 Å². The number of benzene rings is 2. The molecule has 0 bridgehead atoms. The van der Waals surface area contributed by atoms with Crippen LogP contribution in [0, 0.1) is 13.8 Å². The van der Waals surface area contributed by atoms with Crippen LogP contribution >= 0.6 is 28.1 Å². The number of aryl methyl sites for hydroxylation is 2. The first kappa shape index (κ1) is 14.0. The molecule has 0 saturated heterocycles. The quantitative estimate of drug-likeness (QED) is 0.765. The zero-order valence-corrected chi connectivity index (χ0v) is 13.2. The van der Waals surface area contributed by atoms with E-state index in [0.29, 0.717) is 5.11 Å². The highest BCUT2D eigenvalue weighted by Crippen LogP contribution is 2.23. The summed E-state index contributed by atoms with van der Waals surface area (Å²) in [5.41, 5.74) is 4.36. The standard InChI is InChI=1S/C15H15BrN2S/c1-10-3-6-12(7-4-10)17-15(19)18-14-8-5-11(2)9-13(14)16/h3-9H,1-2H3,(H2,17,18,19). The SMILES string of the molecule is Cc1ccc(NC(=S)Nc2ccc(C)cc2Br)cc1. The molecule has 0 heterocycles. The summed E-state index contributed by atoms with van der Waals surface area (Å²) < 4.78 is 1.00. The van der Waals surface area contributed by atoms with Crippen LogP contribution in [-0.2, 0) is 0 Å². The van der Waals surface area contributed by atoms with Gasteiger partial charge in [-0.1, -0.05) is 23.8 Å². The van der Waals surface area contributed by atoms with Crippen LogP contribution in [0.4, 0.5) is 11.4 Å². The molecule has 0 aliphatic heterocycles. The molecule has 0 spiro atoms. The Morgan fingerprint density at radius 3 is 2.21 bits per heavy atom. The molecule has 0 unspecified atom stereocenters. The Hall–Kier alpha value is -1.39. The fraction of sp³-hybridized carbons (Fsp3) is 0.133. The van der Waals surface area contributed by atoms with Crippen LogP contribution in [0.15, 0.2) is 46.9 Å². The van der Waals surface area contributed by atoms with Gasteiger partial charge in [0.2, 0.25) is 0 Å². The van der Waals surface area contributed by atoms with Crippen molar-refractivity contribution >= 4 is 44.6 Å². The zero-order chi connectivity index (χ0) is 13.8. The van der Waals surface area contributed by atoms with Gasteiger partial charge >= 0.3 is 0 Å². The number of hydrogen-bond donors (Lipinski definition) is 2. The lowest BCUT2D eigenvalue weighted by atomic mass is 10.2. The van der Waals surface area contributed by atoms with Gasteiger partial charge in [0.25, 0.3) is 0 Å². The Morgan fingerprint density at radius 1 is 0.947 bits per heavy atom. The zero-order valence-electron chi connectivity index (χ0n) is 10.8. The molecule has 98 valence electrons. The molecule has 0 aliphatic rings. The van der Waals surface area contributed by atoms with E-state index in [4.69, 9.17) is 12.2 Å². The molecule has 4 heteroatoms. The number of rotatable bonds is 2. The van der Waals surface area contributed by atoms with E-state index >= 15 is 0 Å². The molecule has 0 fully saturated rings. The lowest BCUT2D eigenvalue weighted by molar-refractivity contribution is 1.44. The number of nitrogens with one attached hydrogen (secondary N) is 2. The van der Waals surface area contributed by atoms with Crippen molar-refractivity contribution in [3.8, 4) is 0 Å². The largest absolute Gasteiger partial charge is 0.332 e. The predicted molar refractivity (Wildman–Crippen MR) is 89.9 cm³/mol. The lowest BCUT2D eigenvalue weighted by Gasteiger charge is -2.12. The molecular formula is C15H15BrN2S. The minimum Gasteiger partial charge on any atom is -0.332 e. The molecule has 0 atom stereocenters. The summed E-state index contributed by atoms with van der Waals surface area (Å²) in [5.74, 6) is 0. The summed E-state index contributed by atoms with van der Waals surface area (Å²) >= 11 is 8.82. The smallest absolute Gasteiger partial charge is 0.175 e. The average molecular weight is 335 g/mol. The van der Waals surface area contributed by atoms with Crippen molar-refractivity contribution < 1.29 is 0 Å². The predicted octanol–water partition coefficient (Wildman–Crippen LogP) is 4.87. The summed E-state index contributed by atoms with van der Waals surface area (Å²) in [5, 5.41) is 6.91. The number of halogens is 1. The second-order valence-electron chi connectivity index (χ2n) is 4.43. The van der Waals surface area contributed by atoms with Crippen molar-refractivity contribution in [3.05, 3.63) is 58.1 Å². The van der Waals surface area contributed by atoms with Gasteiger partial charge in [0.15, 0.2) is 5.11 Å². The van der Waals surface area contributed by atoms with Crippen LogP contribution in [0.3, 0.4) is 0 Å². The summed E-state index contributed by atoms with van der Waals surface area (Å²) in [6, 6.07) is 14.2. The Balaban J connectivity index is 2.03. The molecule has 0 radical (unpaired) electrons. The third kappa shape index (κ3) is 4.04. The van der Waals surface area contributed by atoms with Crippen LogP contribution < -0.4 is 10.6 Å². The Labute approximate surface area is 127 Å². The maximum Gasteiger partial charge on any atom is 0.175 e. The van der Waals surface area contributed by atoms with Crippen molar-refractivity contribution in [1.82, 2.24) is 0 Å². The molecule has 2 N–H and O–H groups in total. The topological polar surface area (TPSA) is 24.1 Å². The molecule has 2 aromatic carbocycles. The molecule has 0 amide bonds. The molecule has 19 heavy (non-hydrogen) atoms. The Bertz CT molecular complexity index is 594. The van der Waals surface area contributed by atoms with E-state index in [2.05, 4.69) is 46.5 Å². The van der Waals surface area contributed by atoms with Crippen LogP contribution in [-0.4, -0.2) is 5.11 Å². The summed E-state index contributed by atoms with van der Waals surface area (Å²) in [4.78, 5) is 0. The van der Waals surface area contributed by atoms with Crippen molar-refractivity contribution in [3.63, 3.8) is 0 Å². The van der Waals surface area contributed by atoms with Crippen molar-refractivity contribution in [2.75, 3.05) is 10.6 Å². The summed E-state index contributed by atoms with van der Waals surface area (Å²) in [7, 11) is 0. The summed E-state index contributed by atoms with van der Waals surface area (Å²) in [6.45, 7) is 4.11. The van der Waals surface area contributed by atoms with Gasteiger partial charge in [0.05, 0.1) is 5.69 Å². The lowest BCUT2D eigenvalue weighted by Crippen LogP contribution is -2.19. The van der Waals surface area contributed by atoms with Crippen LogP contribution in [0.2, 0.25) is 0 Å². The molecule has 2 nitrogen and oxygen atoms in total. The third-order valence-corrected chi connectivity index (χ3v) is 3.54. The number of thiocarbonyl (C=S) groups is 1. The first-order chi connectivity index (χ1) is 9.04. The first-order valence-electron chi connectivity index (χ1n) is 5.95. The maximum absolute atomic E-state index is 5.30. The number of hydrogen-bond acceptors (Lipinski definition) is 1. The molecule has 0 aromatic heterocycles. The highest BCUT2D eigenvalue weighted by atomic mass is 79.9. The second kappa shape index (κ2) is 6.17. The fourth-order valence-electron chi connectivity index (χ4n) is 1.64. The van der Waals surface area contributed by atoms with Gasteiger partial charge in [0, 0.05) is 10.2 Å². The highest BCUT2D eigenvalue weighted by Gasteiger charge is 2.03. The van der Waals surface area contributed by atoms with E-state index in [0.717, 1.165) is 15.8 Å². The van der Waals surface area contributed by atoms with Crippen LogP contribution in [0.5, 0.6) is 0 Å². The number of anilines is 2. The maximum atomic E-state index is 5.30. The minimum absolute atomic E-state index is 0.577. The first-order valence-corrected chi connectivity index (χ1v) is 7.15. The van der Waals surface area contributed by atoms with Crippen molar-refractivity contribution in [1.29, 1.82) is 0 Å². The molecular weight excluding hydrogens is 320 g/mol. The molecule has 0 saturated carbocycles. The summed E-state index contributed by atoms with van der Waals surface area (Å²) in [6.07, 6.45) is 0. The van der Waals surface area contributed by atoms with Crippen molar-refractivity contribution in [2.24, 2.45) is 0 Å². The van der Waals surface area contributed by atoms with E-state index in [-0.39, 0.29) is 0 Å². The van der Waals surface area contributed by atoms with Gasteiger partial charge in [-0.05, 0) is 71.8 Å². The van der Waals surface area contributed by atoms with E-state index in [1.165, 1.54) is 11.1 Å². The average Bonchev–Trinajstić information content (AvgIpc) is 2.36. The highest BCUT2D eigenvalue weighted by molar-refractivity contribution is 9.10.